The van der Waals surface area contributed by atoms with Crippen LogP contribution in [-0.4, -0.2) is 6.61 Å². The van der Waals surface area contributed by atoms with Crippen LogP contribution in [0.15, 0.2) is 12.3 Å². The first-order chi connectivity index (χ1) is 6.80. The Morgan fingerprint density at radius 3 is 1.71 bits per heavy atom. The quantitative estimate of drug-likeness (QED) is 0.535. The summed E-state index contributed by atoms with van der Waals surface area (Å²) in [7, 11) is 0. The highest BCUT2D eigenvalue weighted by Crippen LogP contribution is 2.20. The molecule has 1 aliphatic heterocycles. The van der Waals surface area contributed by atoms with Gasteiger partial charge >= 0.3 is 0 Å². The number of allylic oxidation sites excluding steroid dienone is 1. The molecule has 0 aromatic rings. The van der Waals surface area contributed by atoms with Crippen molar-refractivity contribution in [2.24, 2.45) is 5.92 Å². The van der Waals surface area contributed by atoms with Gasteiger partial charge in [-0.1, -0.05) is 55.0 Å². The minimum absolute atomic E-state index is 0.587. The van der Waals surface area contributed by atoms with Crippen LogP contribution >= 0.6 is 0 Å². The predicted octanol–water partition coefficient (Wildman–Crippen LogP) is 5.03. The largest absolute Gasteiger partial charge is 0.498 e. The molecule has 1 aliphatic rings. The van der Waals surface area contributed by atoms with Crippen molar-refractivity contribution in [2.45, 2.75) is 61.3 Å². The Morgan fingerprint density at radius 1 is 1.07 bits per heavy atom. The smallest absolute Gasteiger partial charge is 0.0916 e. The molecule has 0 radical (unpaired) electrons. The summed E-state index contributed by atoms with van der Waals surface area (Å²) < 4.78 is 5.20. The second kappa shape index (κ2) is 18.3. The van der Waals surface area contributed by atoms with E-state index >= 15 is 0 Å². The topological polar surface area (TPSA) is 9.23 Å². The average molecular weight is 202 g/mol. The lowest BCUT2D eigenvalue weighted by Crippen LogP contribution is -2.10. The van der Waals surface area contributed by atoms with E-state index in [4.69, 9.17) is 4.74 Å². The zero-order valence-electron chi connectivity index (χ0n) is 11.3. The van der Waals surface area contributed by atoms with Crippen molar-refractivity contribution in [3.63, 3.8) is 0 Å². The lowest BCUT2D eigenvalue weighted by molar-refractivity contribution is 0.136. The summed E-state index contributed by atoms with van der Waals surface area (Å²) in [5.41, 5.74) is 0. The summed E-state index contributed by atoms with van der Waals surface area (Å²) in [6.07, 6.45) is 2.44. The van der Waals surface area contributed by atoms with Gasteiger partial charge in [0.2, 0.25) is 0 Å². The Bertz CT molecular complexity index is 97.4. The molecule has 0 amide bonds. The SMILES string of the molecule is C=C1OCCCC1C.CC.CC.CC. The first-order valence-corrected chi connectivity index (χ1v) is 6.12. The fourth-order valence-corrected chi connectivity index (χ4v) is 0.896. The van der Waals surface area contributed by atoms with Crippen LogP contribution in [0.25, 0.3) is 0 Å². The van der Waals surface area contributed by atoms with Crippen molar-refractivity contribution in [1.82, 2.24) is 0 Å². The first-order valence-electron chi connectivity index (χ1n) is 6.12. The maximum absolute atomic E-state index is 5.20. The van der Waals surface area contributed by atoms with E-state index in [0.29, 0.717) is 5.92 Å². The van der Waals surface area contributed by atoms with Gasteiger partial charge in [-0.05, 0) is 12.8 Å². The van der Waals surface area contributed by atoms with Crippen molar-refractivity contribution in [3.8, 4) is 0 Å². The van der Waals surface area contributed by atoms with Gasteiger partial charge in [0.15, 0.2) is 0 Å². The average Bonchev–Trinajstić information content (AvgIpc) is 2.31. The number of ether oxygens (including phenoxy) is 1. The summed E-state index contributed by atoms with van der Waals surface area (Å²) in [6, 6.07) is 0. The van der Waals surface area contributed by atoms with Crippen molar-refractivity contribution in [2.75, 3.05) is 6.61 Å². The Morgan fingerprint density at radius 2 is 1.50 bits per heavy atom. The first kappa shape index (κ1) is 19.2. The zero-order valence-corrected chi connectivity index (χ0v) is 11.3. The van der Waals surface area contributed by atoms with Gasteiger partial charge in [-0.15, -0.1) is 0 Å². The van der Waals surface area contributed by atoms with E-state index in [1.807, 2.05) is 41.5 Å². The van der Waals surface area contributed by atoms with Crippen LogP contribution in [0.3, 0.4) is 0 Å². The molecule has 1 heteroatoms. The molecule has 1 heterocycles. The Hall–Kier alpha value is -0.460. The van der Waals surface area contributed by atoms with Crippen LogP contribution < -0.4 is 0 Å². The lowest BCUT2D eigenvalue weighted by atomic mass is 10.0. The monoisotopic (exact) mass is 202 g/mol. The second-order valence-corrected chi connectivity index (χ2v) is 2.36. The van der Waals surface area contributed by atoms with Crippen LogP contribution in [0.2, 0.25) is 0 Å². The van der Waals surface area contributed by atoms with Gasteiger partial charge in [-0.3, -0.25) is 0 Å². The number of hydrogen-bond acceptors (Lipinski definition) is 1. The molecule has 1 fully saturated rings. The van der Waals surface area contributed by atoms with Gasteiger partial charge in [0, 0.05) is 5.92 Å². The summed E-state index contributed by atoms with van der Waals surface area (Å²) in [6.45, 7) is 18.8. The van der Waals surface area contributed by atoms with Crippen molar-refractivity contribution in [3.05, 3.63) is 12.3 Å². The normalized spacial score (nSPS) is 18.2. The van der Waals surface area contributed by atoms with Crippen molar-refractivity contribution in [1.29, 1.82) is 0 Å². The molecule has 1 atom stereocenters. The third kappa shape index (κ3) is 11.5. The molecule has 0 spiro atoms. The lowest BCUT2D eigenvalue weighted by Gasteiger charge is -2.20. The van der Waals surface area contributed by atoms with Crippen LogP contribution in [0.5, 0.6) is 0 Å². The summed E-state index contributed by atoms with van der Waals surface area (Å²) in [4.78, 5) is 0. The van der Waals surface area contributed by atoms with Crippen molar-refractivity contribution >= 4 is 0 Å². The molecule has 0 aromatic heterocycles. The highest BCUT2D eigenvalue weighted by molar-refractivity contribution is 4.90. The standard InChI is InChI=1S/C7H12O.3C2H6/c1-6-4-3-5-8-7(6)2;3*1-2/h6H,2-5H2,1H3;3*1-2H3. The fourth-order valence-electron chi connectivity index (χ4n) is 0.896. The van der Waals surface area contributed by atoms with Crippen LogP contribution in [0.1, 0.15) is 61.3 Å². The van der Waals surface area contributed by atoms with Crippen LogP contribution in [0, 0.1) is 5.92 Å². The Kier molecular flexibility index (Phi) is 25.1. The van der Waals surface area contributed by atoms with Gasteiger partial charge in [-0.2, -0.15) is 0 Å². The second-order valence-electron chi connectivity index (χ2n) is 2.36. The summed E-state index contributed by atoms with van der Waals surface area (Å²) in [5.74, 6) is 1.56. The van der Waals surface area contributed by atoms with Gasteiger partial charge < -0.3 is 4.74 Å². The molecule has 0 aromatic carbocycles. The minimum Gasteiger partial charge on any atom is -0.498 e. The molecule has 1 unspecified atom stereocenters. The number of rotatable bonds is 0. The summed E-state index contributed by atoms with van der Waals surface area (Å²) >= 11 is 0. The third-order valence-corrected chi connectivity index (χ3v) is 1.62. The molecular weight excluding hydrogens is 172 g/mol. The maximum Gasteiger partial charge on any atom is 0.0916 e. The number of hydrogen-bond donors (Lipinski definition) is 0. The molecule has 1 rings (SSSR count). The van der Waals surface area contributed by atoms with E-state index < -0.39 is 0 Å². The molecule has 1 saturated heterocycles. The highest BCUT2D eigenvalue weighted by atomic mass is 16.5. The molecule has 1 nitrogen and oxygen atoms in total. The fraction of sp³-hybridized carbons (Fsp3) is 0.846. The van der Waals surface area contributed by atoms with Gasteiger partial charge in [0.1, 0.15) is 0 Å². The van der Waals surface area contributed by atoms with E-state index in [0.717, 1.165) is 12.4 Å². The van der Waals surface area contributed by atoms with Gasteiger partial charge in [-0.25, -0.2) is 0 Å². The molecule has 88 valence electrons. The van der Waals surface area contributed by atoms with E-state index in [1.165, 1.54) is 12.8 Å². The Balaban J connectivity index is -0.000000174. The molecule has 0 bridgehead atoms. The van der Waals surface area contributed by atoms with E-state index in [9.17, 15) is 0 Å². The van der Waals surface area contributed by atoms with Gasteiger partial charge in [0.25, 0.3) is 0 Å². The molecule has 0 saturated carbocycles. The minimum atomic E-state index is 0.587. The summed E-state index contributed by atoms with van der Waals surface area (Å²) in [5, 5.41) is 0. The van der Waals surface area contributed by atoms with Crippen LogP contribution in [-0.2, 0) is 4.74 Å². The maximum atomic E-state index is 5.20. The Labute approximate surface area is 91.6 Å². The molecular formula is C13H30O. The predicted molar refractivity (Wildman–Crippen MR) is 67.5 cm³/mol. The van der Waals surface area contributed by atoms with E-state index in [2.05, 4.69) is 13.5 Å². The van der Waals surface area contributed by atoms with Gasteiger partial charge in [0.05, 0.1) is 12.4 Å². The van der Waals surface area contributed by atoms with E-state index in [1.54, 1.807) is 0 Å². The molecule has 0 aliphatic carbocycles. The molecule has 14 heavy (non-hydrogen) atoms. The van der Waals surface area contributed by atoms with Crippen LogP contribution in [0.4, 0.5) is 0 Å². The highest BCUT2D eigenvalue weighted by Gasteiger charge is 2.11. The van der Waals surface area contributed by atoms with E-state index in [-0.39, 0.29) is 0 Å². The zero-order chi connectivity index (χ0) is 12.0. The third-order valence-electron chi connectivity index (χ3n) is 1.62. The van der Waals surface area contributed by atoms with Crippen molar-refractivity contribution < 1.29 is 4.74 Å². The molecule has 0 N–H and O–H groups in total.